The van der Waals surface area contributed by atoms with Gasteiger partial charge in [-0.1, -0.05) is 20.8 Å². The van der Waals surface area contributed by atoms with Crippen LogP contribution < -0.4 is 5.73 Å². The maximum absolute atomic E-state index is 11.5. The number of carbonyl (C=O) groups is 1. The van der Waals surface area contributed by atoms with E-state index in [0.717, 1.165) is 25.7 Å². The third kappa shape index (κ3) is 6.76. The molecule has 0 aliphatic rings. The van der Waals surface area contributed by atoms with Gasteiger partial charge in [0.2, 0.25) is 0 Å². The minimum Gasteiger partial charge on any atom is -0.330 e. The Morgan fingerprint density at radius 3 is 2.31 bits per heavy atom. The zero-order valence-electron chi connectivity index (χ0n) is 9.18. The van der Waals surface area contributed by atoms with Crippen molar-refractivity contribution in [3.8, 4) is 0 Å². The zero-order chi connectivity index (χ0) is 10.3. The lowest BCUT2D eigenvalue weighted by Gasteiger charge is -2.10. The predicted molar refractivity (Wildman–Crippen MR) is 56.5 cm³/mol. The van der Waals surface area contributed by atoms with Crippen molar-refractivity contribution in [3.05, 3.63) is 0 Å². The fourth-order valence-corrected chi connectivity index (χ4v) is 1.26. The minimum absolute atomic E-state index is 0.210. The van der Waals surface area contributed by atoms with E-state index >= 15 is 0 Å². The van der Waals surface area contributed by atoms with Crippen molar-refractivity contribution in [2.45, 2.75) is 46.5 Å². The average Bonchev–Trinajstić information content (AvgIpc) is 2.10. The van der Waals surface area contributed by atoms with Gasteiger partial charge in [0.05, 0.1) is 0 Å². The van der Waals surface area contributed by atoms with Crippen molar-refractivity contribution in [3.63, 3.8) is 0 Å². The highest BCUT2D eigenvalue weighted by Crippen LogP contribution is 2.12. The Balaban J connectivity index is 3.57. The van der Waals surface area contributed by atoms with Gasteiger partial charge < -0.3 is 5.73 Å². The Labute approximate surface area is 81.9 Å². The first-order valence-electron chi connectivity index (χ1n) is 5.30. The van der Waals surface area contributed by atoms with Crippen LogP contribution in [0.3, 0.4) is 0 Å². The van der Waals surface area contributed by atoms with Crippen molar-refractivity contribution in [2.24, 2.45) is 17.6 Å². The number of nitrogens with two attached hydrogens (primary N) is 1. The van der Waals surface area contributed by atoms with Gasteiger partial charge in [-0.25, -0.2) is 0 Å². The third-order valence-corrected chi connectivity index (χ3v) is 2.36. The highest BCUT2D eigenvalue weighted by atomic mass is 16.1. The first-order chi connectivity index (χ1) is 6.07. The highest BCUT2D eigenvalue weighted by Gasteiger charge is 2.12. The van der Waals surface area contributed by atoms with Crippen LogP contribution in [0.25, 0.3) is 0 Å². The largest absolute Gasteiger partial charge is 0.330 e. The van der Waals surface area contributed by atoms with Crippen molar-refractivity contribution in [1.82, 2.24) is 0 Å². The van der Waals surface area contributed by atoms with E-state index in [0.29, 0.717) is 18.2 Å². The molecule has 2 heteroatoms. The molecule has 0 heterocycles. The van der Waals surface area contributed by atoms with Gasteiger partial charge >= 0.3 is 0 Å². The summed E-state index contributed by atoms with van der Waals surface area (Å²) < 4.78 is 0. The van der Waals surface area contributed by atoms with E-state index in [1.165, 1.54) is 0 Å². The van der Waals surface area contributed by atoms with E-state index < -0.39 is 0 Å². The van der Waals surface area contributed by atoms with Gasteiger partial charge in [-0.15, -0.1) is 0 Å². The second kappa shape index (κ2) is 7.07. The van der Waals surface area contributed by atoms with E-state index in [2.05, 4.69) is 13.8 Å². The molecule has 2 nitrogen and oxygen atoms in total. The molecule has 0 spiro atoms. The van der Waals surface area contributed by atoms with Gasteiger partial charge in [-0.3, -0.25) is 4.79 Å². The molecule has 0 aliphatic heterocycles. The fourth-order valence-electron chi connectivity index (χ4n) is 1.26. The lowest BCUT2D eigenvalue weighted by atomic mass is 9.95. The van der Waals surface area contributed by atoms with Gasteiger partial charge in [0, 0.05) is 12.3 Å². The van der Waals surface area contributed by atoms with Crippen LogP contribution in [0.15, 0.2) is 0 Å². The number of ketones is 1. The molecule has 0 radical (unpaired) electrons. The fraction of sp³-hybridized carbons (Fsp3) is 0.909. The third-order valence-electron chi connectivity index (χ3n) is 2.36. The van der Waals surface area contributed by atoms with Crippen LogP contribution in [0, 0.1) is 11.8 Å². The number of carbonyl (C=O) groups excluding carboxylic acids is 1. The van der Waals surface area contributed by atoms with Crippen molar-refractivity contribution in [2.75, 3.05) is 6.54 Å². The summed E-state index contributed by atoms with van der Waals surface area (Å²) in [5, 5.41) is 0. The quantitative estimate of drug-likeness (QED) is 0.661. The van der Waals surface area contributed by atoms with Crippen molar-refractivity contribution >= 4 is 5.78 Å². The van der Waals surface area contributed by atoms with Gasteiger partial charge in [0.15, 0.2) is 0 Å². The molecule has 0 amide bonds. The molecule has 0 saturated heterocycles. The molecular formula is C11H23NO. The molecule has 0 aromatic rings. The molecule has 0 saturated carbocycles. The van der Waals surface area contributed by atoms with Crippen LogP contribution >= 0.6 is 0 Å². The van der Waals surface area contributed by atoms with Crippen LogP contribution in [0.2, 0.25) is 0 Å². The van der Waals surface area contributed by atoms with Crippen molar-refractivity contribution in [1.29, 1.82) is 0 Å². The standard InChI is InChI=1S/C11H23NO/c1-9(2)6-7-11(13)10(3)5-4-8-12/h9-10H,4-8,12H2,1-3H3. The average molecular weight is 185 g/mol. The van der Waals surface area contributed by atoms with E-state index in [9.17, 15) is 4.79 Å². The lowest BCUT2D eigenvalue weighted by Crippen LogP contribution is -2.13. The summed E-state index contributed by atoms with van der Waals surface area (Å²) in [6.45, 7) is 7.01. The van der Waals surface area contributed by atoms with Crippen LogP contribution in [-0.4, -0.2) is 12.3 Å². The second-order valence-electron chi connectivity index (χ2n) is 4.23. The monoisotopic (exact) mass is 185 g/mol. The summed E-state index contributed by atoms with van der Waals surface area (Å²) in [7, 11) is 0. The minimum atomic E-state index is 0.210. The Morgan fingerprint density at radius 2 is 1.85 bits per heavy atom. The molecule has 0 aromatic heterocycles. The Bertz CT molecular complexity index is 143. The predicted octanol–water partition coefficient (Wildman–Crippen LogP) is 2.37. The van der Waals surface area contributed by atoms with Gasteiger partial charge in [0.1, 0.15) is 5.78 Å². The number of Topliss-reactive ketones (excluding diaryl/α,β-unsaturated/α-hetero) is 1. The highest BCUT2D eigenvalue weighted by molar-refractivity contribution is 5.80. The Morgan fingerprint density at radius 1 is 1.23 bits per heavy atom. The maximum atomic E-state index is 11.5. The van der Waals surface area contributed by atoms with E-state index in [1.807, 2.05) is 6.92 Å². The number of hydrogen-bond acceptors (Lipinski definition) is 2. The number of hydrogen-bond donors (Lipinski definition) is 1. The molecule has 1 atom stereocenters. The molecule has 0 rings (SSSR count). The van der Waals surface area contributed by atoms with E-state index in [4.69, 9.17) is 5.73 Å². The van der Waals surface area contributed by atoms with Crippen LogP contribution in [0.1, 0.15) is 46.5 Å². The van der Waals surface area contributed by atoms with Crippen LogP contribution in [-0.2, 0) is 4.79 Å². The molecule has 0 fully saturated rings. The first-order valence-corrected chi connectivity index (χ1v) is 5.30. The molecule has 0 aromatic carbocycles. The lowest BCUT2D eigenvalue weighted by molar-refractivity contribution is -0.122. The molecule has 0 bridgehead atoms. The van der Waals surface area contributed by atoms with Gasteiger partial charge in [0.25, 0.3) is 0 Å². The van der Waals surface area contributed by atoms with E-state index in [-0.39, 0.29) is 5.92 Å². The smallest absolute Gasteiger partial charge is 0.135 e. The zero-order valence-corrected chi connectivity index (χ0v) is 9.18. The first kappa shape index (κ1) is 12.6. The molecule has 1 unspecified atom stereocenters. The maximum Gasteiger partial charge on any atom is 0.135 e. The summed E-state index contributed by atoms with van der Waals surface area (Å²) >= 11 is 0. The number of rotatable bonds is 7. The SMILES string of the molecule is CC(C)CCC(=O)C(C)CCCN. The molecule has 13 heavy (non-hydrogen) atoms. The van der Waals surface area contributed by atoms with Crippen LogP contribution in [0.4, 0.5) is 0 Å². The Hall–Kier alpha value is -0.370. The van der Waals surface area contributed by atoms with Crippen molar-refractivity contribution < 1.29 is 4.79 Å². The normalized spacial score (nSPS) is 13.3. The molecule has 2 N–H and O–H groups in total. The summed E-state index contributed by atoms with van der Waals surface area (Å²) in [6, 6.07) is 0. The molecular weight excluding hydrogens is 162 g/mol. The van der Waals surface area contributed by atoms with Gasteiger partial charge in [-0.05, 0) is 31.7 Å². The summed E-state index contributed by atoms with van der Waals surface area (Å²) in [5.74, 6) is 1.25. The molecule has 78 valence electrons. The second-order valence-corrected chi connectivity index (χ2v) is 4.23. The molecule has 0 aliphatic carbocycles. The Kier molecular flexibility index (Phi) is 6.87. The van der Waals surface area contributed by atoms with Crippen LogP contribution in [0.5, 0.6) is 0 Å². The topological polar surface area (TPSA) is 43.1 Å². The summed E-state index contributed by atoms with van der Waals surface area (Å²) in [5.41, 5.74) is 5.39. The summed E-state index contributed by atoms with van der Waals surface area (Å²) in [4.78, 5) is 11.5. The van der Waals surface area contributed by atoms with Gasteiger partial charge in [-0.2, -0.15) is 0 Å². The van der Waals surface area contributed by atoms with E-state index in [1.54, 1.807) is 0 Å². The summed E-state index contributed by atoms with van der Waals surface area (Å²) in [6.07, 6.45) is 3.68.